The Labute approximate surface area is 167 Å². The second-order valence-electron chi connectivity index (χ2n) is 6.90. The minimum atomic E-state index is 0. The molecule has 0 spiro atoms. The van der Waals surface area contributed by atoms with E-state index in [0.717, 1.165) is 37.9 Å². The maximum atomic E-state index is 5.13. The standard InChI is InChI=1S/C17H30N6O.HI/c1-13-20-16(24-22-13)8-5-10-19-17(18-2)21-14-9-11-23(12-14)15-6-3-4-7-15;/h14-15H,3-12H2,1-2H3,(H2,18,19,21);1H. The summed E-state index contributed by atoms with van der Waals surface area (Å²) in [6.07, 6.45) is 8.52. The van der Waals surface area contributed by atoms with E-state index in [0.29, 0.717) is 17.8 Å². The lowest BCUT2D eigenvalue weighted by atomic mass is 10.2. The summed E-state index contributed by atoms with van der Waals surface area (Å²) in [7, 11) is 1.83. The normalized spacial score (nSPS) is 22.2. The van der Waals surface area contributed by atoms with Crippen molar-refractivity contribution in [1.29, 1.82) is 0 Å². The maximum Gasteiger partial charge on any atom is 0.226 e. The van der Waals surface area contributed by atoms with Crippen LogP contribution in [0.25, 0.3) is 0 Å². The SMILES string of the molecule is CN=C(NCCCc1nc(C)no1)NC1CCN(C2CCCC2)C1.I. The molecule has 3 rings (SSSR count). The third-order valence-electron chi connectivity index (χ3n) is 5.05. The van der Waals surface area contributed by atoms with E-state index in [2.05, 4.69) is 30.7 Å². The van der Waals surface area contributed by atoms with Crippen LogP contribution in [0.1, 0.15) is 50.2 Å². The molecule has 142 valence electrons. The Morgan fingerprint density at radius 2 is 2.12 bits per heavy atom. The number of halogens is 1. The van der Waals surface area contributed by atoms with Crippen LogP contribution >= 0.6 is 24.0 Å². The molecule has 0 bridgehead atoms. The fourth-order valence-corrected chi connectivity index (χ4v) is 3.78. The van der Waals surface area contributed by atoms with Crippen LogP contribution < -0.4 is 10.6 Å². The zero-order chi connectivity index (χ0) is 16.8. The number of aromatic nitrogens is 2. The largest absolute Gasteiger partial charge is 0.356 e. The zero-order valence-corrected chi connectivity index (χ0v) is 17.7. The summed E-state index contributed by atoms with van der Waals surface area (Å²) in [6, 6.07) is 1.33. The van der Waals surface area contributed by atoms with Gasteiger partial charge in [-0.3, -0.25) is 9.89 Å². The molecule has 25 heavy (non-hydrogen) atoms. The van der Waals surface area contributed by atoms with Crippen molar-refractivity contribution in [3.63, 3.8) is 0 Å². The third kappa shape index (κ3) is 6.09. The minimum absolute atomic E-state index is 0. The predicted molar refractivity (Wildman–Crippen MR) is 110 cm³/mol. The summed E-state index contributed by atoms with van der Waals surface area (Å²) in [6.45, 7) is 5.05. The molecule has 2 N–H and O–H groups in total. The first kappa shape index (κ1) is 20.4. The van der Waals surface area contributed by atoms with Crippen molar-refractivity contribution in [2.75, 3.05) is 26.7 Å². The molecule has 0 radical (unpaired) electrons. The highest BCUT2D eigenvalue weighted by atomic mass is 127. The molecular formula is C17H31IN6O. The Balaban J connectivity index is 0.00000225. The summed E-state index contributed by atoms with van der Waals surface area (Å²) in [5, 5.41) is 10.8. The first-order chi connectivity index (χ1) is 11.7. The number of nitrogens with one attached hydrogen (secondary N) is 2. The number of aliphatic imine (C=N–C) groups is 1. The first-order valence-electron chi connectivity index (χ1n) is 9.25. The average Bonchev–Trinajstić information content (AvgIpc) is 3.31. The highest BCUT2D eigenvalue weighted by Gasteiger charge is 2.30. The monoisotopic (exact) mass is 462 g/mol. The maximum absolute atomic E-state index is 5.13. The predicted octanol–water partition coefficient (Wildman–Crippen LogP) is 2.11. The molecule has 1 saturated carbocycles. The van der Waals surface area contributed by atoms with E-state index in [1.807, 2.05) is 14.0 Å². The Morgan fingerprint density at radius 3 is 2.80 bits per heavy atom. The second-order valence-corrected chi connectivity index (χ2v) is 6.90. The molecule has 0 amide bonds. The van der Waals surface area contributed by atoms with Crippen LogP contribution in [0.3, 0.4) is 0 Å². The van der Waals surface area contributed by atoms with E-state index in [-0.39, 0.29) is 24.0 Å². The van der Waals surface area contributed by atoms with Crippen molar-refractivity contribution in [1.82, 2.24) is 25.7 Å². The van der Waals surface area contributed by atoms with Crippen molar-refractivity contribution in [2.24, 2.45) is 4.99 Å². The third-order valence-corrected chi connectivity index (χ3v) is 5.05. The fourth-order valence-electron chi connectivity index (χ4n) is 3.78. The van der Waals surface area contributed by atoms with Crippen molar-refractivity contribution in [3.8, 4) is 0 Å². The lowest BCUT2D eigenvalue weighted by molar-refractivity contribution is 0.242. The lowest BCUT2D eigenvalue weighted by Crippen LogP contribution is -2.45. The minimum Gasteiger partial charge on any atom is -0.356 e. The average molecular weight is 462 g/mol. The number of likely N-dealkylation sites (tertiary alicyclic amines) is 1. The van der Waals surface area contributed by atoms with E-state index in [4.69, 9.17) is 4.52 Å². The van der Waals surface area contributed by atoms with Crippen molar-refractivity contribution in [2.45, 2.75) is 64.0 Å². The molecule has 7 nitrogen and oxygen atoms in total. The van der Waals surface area contributed by atoms with Gasteiger partial charge in [0.05, 0.1) is 0 Å². The number of hydrogen-bond donors (Lipinski definition) is 2. The lowest BCUT2D eigenvalue weighted by Gasteiger charge is -2.24. The van der Waals surface area contributed by atoms with Crippen LogP contribution in [0.2, 0.25) is 0 Å². The van der Waals surface area contributed by atoms with Crippen LogP contribution in [0.4, 0.5) is 0 Å². The van der Waals surface area contributed by atoms with Crippen LogP contribution in [-0.2, 0) is 6.42 Å². The molecule has 1 unspecified atom stereocenters. The van der Waals surface area contributed by atoms with Gasteiger partial charge in [0.15, 0.2) is 11.8 Å². The van der Waals surface area contributed by atoms with Gasteiger partial charge in [0, 0.05) is 45.2 Å². The van der Waals surface area contributed by atoms with Gasteiger partial charge >= 0.3 is 0 Å². The number of hydrogen-bond acceptors (Lipinski definition) is 5. The number of rotatable bonds is 6. The molecule has 0 aromatic carbocycles. The van der Waals surface area contributed by atoms with Gasteiger partial charge in [0.2, 0.25) is 5.89 Å². The number of guanidine groups is 1. The van der Waals surface area contributed by atoms with Gasteiger partial charge < -0.3 is 15.2 Å². The van der Waals surface area contributed by atoms with E-state index in [1.54, 1.807) is 0 Å². The van der Waals surface area contributed by atoms with Crippen LogP contribution in [0, 0.1) is 6.92 Å². The smallest absolute Gasteiger partial charge is 0.226 e. The van der Waals surface area contributed by atoms with Crippen molar-refractivity contribution >= 4 is 29.9 Å². The molecule has 2 fully saturated rings. The Kier molecular flexibility index (Phi) is 8.41. The molecule has 1 saturated heterocycles. The van der Waals surface area contributed by atoms with E-state index in [1.165, 1.54) is 38.6 Å². The van der Waals surface area contributed by atoms with Crippen LogP contribution in [0.5, 0.6) is 0 Å². The van der Waals surface area contributed by atoms with Gasteiger partial charge in [-0.25, -0.2) is 0 Å². The Morgan fingerprint density at radius 1 is 1.32 bits per heavy atom. The number of aryl methyl sites for hydroxylation is 2. The molecular weight excluding hydrogens is 431 g/mol. The van der Waals surface area contributed by atoms with E-state index in [9.17, 15) is 0 Å². The highest BCUT2D eigenvalue weighted by molar-refractivity contribution is 14.0. The van der Waals surface area contributed by atoms with Gasteiger partial charge in [0.25, 0.3) is 0 Å². The Bertz CT molecular complexity index is 543. The first-order valence-corrected chi connectivity index (χ1v) is 9.25. The van der Waals surface area contributed by atoms with Crippen LogP contribution in [-0.4, -0.2) is 59.8 Å². The summed E-state index contributed by atoms with van der Waals surface area (Å²) < 4.78 is 5.13. The van der Waals surface area contributed by atoms with E-state index >= 15 is 0 Å². The number of nitrogens with zero attached hydrogens (tertiary/aromatic N) is 4. The molecule has 1 aliphatic heterocycles. The molecule has 1 aromatic heterocycles. The van der Waals surface area contributed by atoms with Crippen molar-refractivity contribution < 1.29 is 4.52 Å². The summed E-state index contributed by atoms with van der Waals surface area (Å²) in [4.78, 5) is 11.2. The molecule has 1 atom stereocenters. The van der Waals surface area contributed by atoms with Gasteiger partial charge in [-0.2, -0.15) is 4.98 Å². The molecule has 2 heterocycles. The zero-order valence-electron chi connectivity index (χ0n) is 15.3. The van der Waals surface area contributed by atoms with Crippen LogP contribution in [0.15, 0.2) is 9.52 Å². The van der Waals surface area contributed by atoms with Crippen molar-refractivity contribution in [3.05, 3.63) is 11.7 Å². The topological polar surface area (TPSA) is 78.6 Å². The summed E-state index contributed by atoms with van der Waals surface area (Å²) >= 11 is 0. The van der Waals surface area contributed by atoms with Gasteiger partial charge in [-0.1, -0.05) is 18.0 Å². The second kappa shape index (κ2) is 10.3. The quantitative estimate of drug-likeness (QED) is 0.292. The highest BCUT2D eigenvalue weighted by Crippen LogP contribution is 2.26. The summed E-state index contributed by atoms with van der Waals surface area (Å²) in [5.41, 5.74) is 0. The summed E-state index contributed by atoms with van der Waals surface area (Å²) in [5.74, 6) is 2.30. The van der Waals surface area contributed by atoms with Gasteiger partial charge in [0.1, 0.15) is 0 Å². The van der Waals surface area contributed by atoms with Gasteiger partial charge in [-0.15, -0.1) is 24.0 Å². The van der Waals surface area contributed by atoms with E-state index < -0.39 is 0 Å². The molecule has 8 heteroatoms. The molecule has 2 aliphatic rings. The van der Waals surface area contributed by atoms with Gasteiger partial charge in [-0.05, 0) is 32.6 Å². The molecule has 1 aromatic rings. The Hall–Kier alpha value is -0.900. The molecule has 1 aliphatic carbocycles. The fraction of sp³-hybridized carbons (Fsp3) is 0.824.